The number of halogens is 3. The molecule has 1 heterocycles. The van der Waals surface area contributed by atoms with Crippen molar-refractivity contribution in [1.29, 1.82) is 0 Å². The van der Waals surface area contributed by atoms with Gasteiger partial charge in [0.1, 0.15) is 11.0 Å². The molecule has 0 atom stereocenters. The number of anilines is 1. The maximum atomic E-state index is 8.48. The molecule has 90 valence electrons. The van der Waals surface area contributed by atoms with Gasteiger partial charge in [-0.2, -0.15) is 0 Å². The summed E-state index contributed by atoms with van der Waals surface area (Å²) in [6.07, 6.45) is 0. The average Bonchev–Trinajstić information content (AvgIpc) is 2.25. The number of aromatic nitrogens is 1. The van der Waals surface area contributed by atoms with E-state index in [9.17, 15) is 0 Å². The number of hydrogen-bond donors (Lipinski definition) is 2. The van der Waals surface area contributed by atoms with Crippen molar-refractivity contribution < 1.29 is 9.84 Å². The number of pyridine rings is 1. The van der Waals surface area contributed by atoms with Crippen LogP contribution in [0, 0.1) is 0 Å². The van der Waals surface area contributed by atoms with Crippen LogP contribution in [-0.4, -0.2) is 36.5 Å². The van der Waals surface area contributed by atoms with E-state index in [-0.39, 0.29) is 11.8 Å². The predicted octanol–water partition coefficient (Wildman–Crippen LogP) is 2.46. The summed E-state index contributed by atoms with van der Waals surface area (Å²) in [5.74, 6) is 0.462. The van der Waals surface area contributed by atoms with Gasteiger partial charge in [-0.1, -0.05) is 34.8 Å². The van der Waals surface area contributed by atoms with E-state index in [1.807, 2.05) is 0 Å². The molecule has 4 nitrogen and oxygen atoms in total. The van der Waals surface area contributed by atoms with Gasteiger partial charge in [-0.05, 0) is 6.07 Å². The van der Waals surface area contributed by atoms with Gasteiger partial charge >= 0.3 is 0 Å². The first kappa shape index (κ1) is 13.8. The quantitative estimate of drug-likeness (QED) is 0.623. The van der Waals surface area contributed by atoms with E-state index in [2.05, 4.69) is 10.3 Å². The summed E-state index contributed by atoms with van der Waals surface area (Å²) in [6.45, 7) is 1.28. The van der Waals surface area contributed by atoms with Crippen LogP contribution in [0.1, 0.15) is 0 Å². The lowest BCUT2D eigenvalue weighted by Gasteiger charge is -2.08. The van der Waals surface area contributed by atoms with Crippen molar-refractivity contribution >= 4 is 40.6 Å². The molecule has 2 N–H and O–H groups in total. The zero-order valence-electron chi connectivity index (χ0n) is 8.34. The number of rotatable bonds is 6. The fourth-order valence-electron chi connectivity index (χ4n) is 0.976. The molecule has 0 radical (unpaired) electrons. The predicted molar refractivity (Wildman–Crippen MR) is 65.7 cm³/mol. The SMILES string of the molecule is OCCOCCNc1nc(Cl)c(Cl)cc1Cl. The minimum Gasteiger partial charge on any atom is -0.394 e. The molecule has 0 aromatic carbocycles. The first-order valence-electron chi connectivity index (χ1n) is 4.59. The van der Waals surface area contributed by atoms with Gasteiger partial charge in [0.25, 0.3) is 0 Å². The molecule has 7 heteroatoms. The van der Waals surface area contributed by atoms with Crippen molar-refractivity contribution in [2.45, 2.75) is 0 Å². The molecule has 1 rings (SSSR count). The highest BCUT2D eigenvalue weighted by Gasteiger charge is 2.06. The number of aliphatic hydroxyl groups excluding tert-OH is 1. The Morgan fingerprint density at radius 2 is 2.00 bits per heavy atom. The fraction of sp³-hybridized carbons (Fsp3) is 0.444. The van der Waals surface area contributed by atoms with Crippen LogP contribution in [0.2, 0.25) is 15.2 Å². The first-order valence-corrected chi connectivity index (χ1v) is 5.72. The van der Waals surface area contributed by atoms with Crippen LogP contribution < -0.4 is 5.32 Å². The molecule has 0 aliphatic carbocycles. The van der Waals surface area contributed by atoms with Gasteiger partial charge in [0.2, 0.25) is 0 Å². The molecule has 16 heavy (non-hydrogen) atoms. The number of nitrogens with one attached hydrogen (secondary N) is 1. The molecule has 0 unspecified atom stereocenters. The molecule has 0 amide bonds. The Hall–Kier alpha value is -0.260. The Kier molecular flexibility index (Phi) is 6.16. The Bertz CT molecular complexity index is 350. The van der Waals surface area contributed by atoms with E-state index in [4.69, 9.17) is 44.6 Å². The van der Waals surface area contributed by atoms with Gasteiger partial charge in [-0.3, -0.25) is 0 Å². The summed E-state index contributed by atoms with van der Waals surface area (Å²) in [6, 6.07) is 1.52. The van der Waals surface area contributed by atoms with Crippen molar-refractivity contribution in [2.24, 2.45) is 0 Å². The number of ether oxygens (including phenoxy) is 1. The van der Waals surface area contributed by atoms with Crippen LogP contribution in [0.5, 0.6) is 0 Å². The maximum Gasteiger partial charge on any atom is 0.150 e. The molecule has 0 aliphatic heterocycles. The molecule has 0 saturated carbocycles. The molecule has 0 spiro atoms. The maximum absolute atomic E-state index is 8.48. The molecule has 0 aliphatic rings. The average molecular weight is 286 g/mol. The normalized spacial score (nSPS) is 10.5. The summed E-state index contributed by atoms with van der Waals surface area (Å²) in [7, 11) is 0. The van der Waals surface area contributed by atoms with Crippen LogP contribution >= 0.6 is 34.8 Å². The Morgan fingerprint density at radius 3 is 2.69 bits per heavy atom. The van der Waals surface area contributed by atoms with Gasteiger partial charge in [0.05, 0.1) is 29.9 Å². The van der Waals surface area contributed by atoms with Gasteiger partial charge in [-0.25, -0.2) is 4.98 Å². The molecule has 0 saturated heterocycles. The third-order valence-electron chi connectivity index (χ3n) is 1.66. The molecule has 0 fully saturated rings. The second-order valence-corrected chi connectivity index (χ2v) is 4.03. The highest BCUT2D eigenvalue weighted by molar-refractivity contribution is 6.42. The van der Waals surface area contributed by atoms with Gasteiger partial charge in [-0.15, -0.1) is 0 Å². The lowest BCUT2D eigenvalue weighted by atomic mass is 10.4. The first-order chi connectivity index (χ1) is 7.65. The summed E-state index contributed by atoms with van der Waals surface area (Å²) in [5, 5.41) is 12.3. The van der Waals surface area contributed by atoms with Crippen LogP contribution in [0.3, 0.4) is 0 Å². The van der Waals surface area contributed by atoms with Gasteiger partial charge in [0, 0.05) is 6.54 Å². The second-order valence-electron chi connectivity index (χ2n) is 2.85. The fourth-order valence-corrected chi connectivity index (χ4v) is 1.54. The zero-order valence-corrected chi connectivity index (χ0v) is 10.6. The largest absolute Gasteiger partial charge is 0.394 e. The highest BCUT2D eigenvalue weighted by Crippen LogP contribution is 2.28. The Morgan fingerprint density at radius 1 is 1.25 bits per heavy atom. The third-order valence-corrected chi connectivity index (χ3v) is 2.62. The number of nitrogens with zero attached hydrogens (tertiary/aromatic N) is 1. The lowest BCUT2D eigenvalue weighted by Crippen LogP contribution is -2.12. The van der Waals surface area contributed by atoms with E-state index in [1.165, 1.54) is 6.07 Å². The Balaban J connectivity index is 2.45. The topological polar surface area (TPSA) is 54.4 Å². The lowest BCUT2D eigenvalue weighted by molar-refractivity contribution is 0.0992. The summed E-state index contributed by atoms with van der Waals surface area (Å²) in [4.78, 5) is 3.98. The number of aliphatic hydroxyl groups is 1. The molecular formula is C9H11Cl3N2O2. The minimum atomic E-state index is 0.00573. The van der Waals surface area contributed by atoms with E-state index in [0.717, 1.165) is 0 Å². The van der Waals surface area contributed by atoms with Crippen molar-refractivity contribution in [1.82, 2.24) is 4.98 Å². The van der Waals surface area contributed by atoms with Crippen LogP contribution in [0.25, 0.3) is 0 Å². The Labute approximate surface area is 108 Å². The van der Waals surface area contributed by atoms with E-state index in [1.54, 1.807) is 0 Å². The van der Waals surface area contributed by atoms with Crippen molar-refractivity contribution in [3.63, 3.8) is 0 Å². The standard InChI is InChI=1S/C9H11Cl3N2O2/c10-6-5-7(11)9(14-8(6)12)13-1-3-16-4-2-15/h5,15H,1-4H2,(H,13,14). The van der Waals surface area contributed by atoms with E-state index < -0.39 is 0 Å². The molecule has 1 aromatic rings. The van der Waals surface area contributed by atoms with Crippen LogP contribution in [-0.2, 0) is 4.74 Å². The number of hydrogen-bond acceptors (Lipinski definition) is 4. The third kappa shape index (κ3) is 4.31. The smallest absolute Gasteiger partial charge is 0.150 e. The zero-order chi connectivity index (χ0) is 12.0. The van der Waals surface area contributed by atoms with E-state index >= 15 is 0 Å². The monoisotopic (exact) mass is 284 g/mol. The van der Waals surface area contributed by atoms with Gasteiger partial charge < -0.3 is 15.2 Å². The summed E-state index contributed by atoms with van der Waals surface area (Å²) in [5.41, 5.74) is 0. The summed E-state index contributed by atoms with van der Waals surface area (Å²) < 4.78 is 5.06. The van der Waals surface area contributed by atoms with Crippen molar-refractivity contribution in [3.05, 3.63) is 21.3 Å². The second kappa shape index (κ2) is 7.14. The van der Waals surface area contributed by atoms with Crippen LogP contribution in [0.15, 0.2) is 6.07 Å². The molecule has 1 aromatic heterocycles. The molecular weight excluding hydrogens is 274 g/mol. The van der Waals surface area contributed by atoms with Crippen molar-refractivity contribution in [2.75, 3.05) is 31.7 Å². The van der Waals surface area contributed by atoms with Crippen molar-refractivity contribution in [3.8, 4) is 0 Å². The highest BCUT2D eigenvalue weighted by atomic mass is 35.5. The van der Waals surface area contributed by atoms with Gasteiger partial charge in [0.15, 0.2) is 0 Å². The summed E-state index contributed by atoms with van der Waals surface area (Å²) >= 11 is 17.4. The minimum absolute atomic E-state index is 0.00573. The van der Waals surface area contributed by atoms with E-state index in [0.29, 0.717) is 35.6 Å². The van der Waals surface area contributed by atoms with Crippen LogP contribution in [0.4, 0.5) is 5.82 Å². The molecule has 0 bridgehead atoms.